The van der Waals surface area contributed by atoms with Crippen molar-refractivity contribution in [3.05, 3.63) is 0 Å². The minimum atomic E-state index is 0.524. The second-order valence-corrected chi connectivity index (χ2v) is 4.95. The third-order valence-corrected chi connectivity index (χ3v) is 4.04. The molecule has 1 saturated carbocycles. The Labute approximate surface area is 93.0 Å². The molecule has 3 heteroatoms. The second kappa shape index (κ2) is 5.28. The highest BCUT2D eigenvalue weighted by Gasteiger charge is 2.37. The molecule has 1 heterocycles. The maximum absolute atomic E-state index is 5.68. The van der Waals surface area contributed by atoms with Gasteiger partial charge >= 0.3 is 0 Å². The van der Waals surface area contributed by atoms with Gasteiger partial charge in [0.05, 0.1) is 6.10 Å². The molecule has 0 aromatic rings. The third-order valence-electron chi connectivity index (χ3n) is 4.04. The minimum absolute atomic E-state index is 0.524. The summed E-state index contributed by atoms with van der Waals surface area (Å²) in [5, 5.41) is 0. The molecule has 2 fully saturated rings. The summed E-state index contributed by atoms with van der Waals surface area (Å²) in [5.74, 6) is 0. The van der Waals surface area contributed by atoms with Crippen molar-refractivity contribution >= 4 is 0 Å². The van der Waals surface area contributed by atoms with Gasteiger partial charge in [0, 0.05) is 19.2 Å². The highest BCUT2D eigenvalue weighted by molar-refractivity contribution is 4.92. The Balaban J connectivity index is 1.83. The fourth-order valence-corrected chi connectivity index (χ4v) is 3.01. The number of rotatable bonds is 4. The molecule has 3 nitrogen and oxygen atoms in total. The zero-order valence-corrected chi connectivity index (χ0v) is 9.82. The van der Waals surface area contributed by atoms with Crippen molar-refractivity contribution < 1.29 is 4.74 Å². The lowest BCUT2D eigenvalue weighted by atomic mass is 9.84. The average molecular weight is 212 g/mol. The number of likely N-dealkylation sites (tertiary alicyclic amines) is 1. The number of hydrogen-bond acceptors (Lipinski definition) is 3. The molecule has 2 rings (SSSR count). The summed E-state index contributed by atoms with van der Waals surface area (Å²) >= 11 is 0. The van der Waals surface area contributed by atoms with Gasteiger partial charge in [-0.3, -0.25) is 4.90 Å². The van der Waals surface area contributed by atoms with E-state index in [0.29, 0.717) is 6.10 Å². The summed E-state index contributed by atoms with van der Waals surface area (Å²) in [7, 11) is 1.83. The molecule has 1 atom stereocenters. The Kier molecular flexibility index (Phi) is 4.00. The molecule has 0 bridgehead atoms. The van der Waals surface area contributed by atoms with E-state index in [1.807, 2.05) is 7.11 Å². The molecule has 88 valence electrons. The van der Waals surface area contributed by atoms with Crippen molar-refractivity contribution in [2.24, 2.45) is 5.73 Å². The molecule has 1 aliphatic heterocycles. The summed E-state index contributed by atoms with van der Waals surface area (Å²) in [6, 6.07) is 1.54. The van der Waals surface area contributed by atoms with E-state index in [1.165, 1.54) is 45.1 Å². The first-order valence-corrected chi connectivity index (χ1v) is 6.33. The molecule has 1 saturated heterocycles. The number of ether oxygens (including phenoxy) is 1. The van der Waals surface area contributed by atoms with Gasteiger partial charge in [0.15, 0.2) is 0 Å². The van der Waals surface area contributed by atoms with Crippen molar-refractivity contribution in [1.29, 1.82) is 0 Å². The highest BCUT2D eigenvalue weighted by Crippen LogP contribution is 2.33. The van der Waals surface area contributed by atoms with Crippen LogP contribution < -0.4 is 5.73 Å². The van der Waals surface area contributed by atoms with Crippen LogP contribution in [-0.2, 0) is 4.74 Å². The molecule has 0 spiro atoms. The third kappa shape index (κ3) is 2.52. The van der Waals surface area contributed by atoms with Crippen molar-refractivity contribution in [3.63, 3.8) is 0 Å². The van der Waals surface area contributed by atoms with Gasteiger partial charge in [-0.2, -0.15) is 0 Å². The summed E-state index contributed by atoms with van der Waals surface area (Å²) in [4.78, 5) is 2.70. The number of nitrogens with two attached hydrogens (primary N) is 1. The van der Waals surface area contributed by atoms with Gasteiger partial charge in [-0.05, 0) is 45.2 Å². The van der Waals surface area contributed by atoms with E-state index in [1.54, 1.807) is 0 Å². The predicted molar refractivity (Wildman–Crippen MR) is 61.8 cm³/mol. The van der Waals surface area contributed by atoms with Crippen LogP contribution in [0.4, 0.5) is 0 Å². The summed E-state index contributed by atoms with van der Waals surface area (Å²) in [5.41, 5.74) is 5.68. The normalized spacial score (nSPS) is 37.6. The lowest BCUT2D eigenvalue weighted by Gasteiger charge is -2.48. The minimum Gasteiger partial charge on any atom is -0.381 e. The molecule has 2 aliphatic rings. The van der Waals surface area contributed by atoms with Crippen LogP contribution in [-0.4, -0.2) is 43.3 Å². The largest absolute Gasteiger partial charge is 0.381 e. The van der Waals surface area contributed by atoms with Crippen molar-refractivity contribution in [2.75, 3.05) is 20.2 Å². The smallest absolute Gasteiger partial charge is 0.0601 e. The van der Waals surface area contributed by atoms with E-state index in [9.17, 15) is 0 Å². The quantitative estimate of drug-likeness (QED) is 0.765. The van der Waals surface area contributed by atoms with Gasteiger partial charge in [-0.1, -0.05) is 6.42 Å². The fraction of sp³-hybridized carbons (Fsp3) is 1.00. The predicted octanol–water partition coefficient (Wildman–Crippen LogP) is 1.37. The first-order valence-electron chi connectivity index (χ1n) is 6.33. The molecule has 0 radical (unpaired) electrons. The van der Waals surface area contributed by atoms with Gasteiger partial charge in [-0.25, -0.2) is 0 Å². The molecule has 0 aromatic carbocycles. The van der Waals surface area contributed by atoms with Gasteiger partial charge in [0.1, 0.15) is 0 Å². The molecule has 1 aliphatic carbocycles. The molecule has 1 unspecified atom stereocenters. The van der Waals surface area contributed by atoms with E-state index >= 15 is 0 Å². The Morgan fingerprint density at radius 2 is 2.13 bits per heavy atom. The fourth-order valence-electron chi connectivity index (χ4n) is 3.01. The van der Waals surface area contributed by atoms with E-state index < -0.39 is 0 Å². The maximum atomic E-state index is 5.68. The van der Waals surface area contributed by atoms with Crippen molar-refractivity contribution in [1.82, 2.24) is 4.90 Å². The van der Waals surface area contributed by atoms with Crippen LogP contribution >= 0.6 is 0 Å². The SMILES string of the molecule is COC1CC(N2CCCCC2CCN)C1. The topological polar surface area (TPSA) is 38.5 Å². The molecule has 15 heavy (non-hydrogen) atoms. The van der Waals surface area contributed by atoms with E-state index in [4.69, 9.17) is 10.5 Å². The number of nitrogens with zero attached hydrogens (tertiary/aromatic N) is 1. The summed E-state index contributed by atoms with van der Waals surface area (Å²) in [6.45, 7) is 2.12. The van der Waals surface area contributed by atoms with E-state index in [0.717, 1.165) is 18.6 Å². The van der Waals surface area contributed by atoms with Crippen LogP contribution in [0.15, 0.2) is 0 Å². The highest BCUT2D eigenvalue weighted by atomic mass is 16.5. The zero-order chi connectivity index (χ0) is 10.7. The van der Waals surface area contributed by atoms with Crippen LogP contribution in [0.2, 0.25) is 0 Å². The number of hydrogen-bond donors (Lipinski definition) is 1. The standard InChI is InChI=1S/C12H24N2O/c1-15-12-8-11(9-12)14-7-3-2-4-10(14)5-6-13/h10-12H,2-9,13H2,1H3. The average Bonchev–Trinajstić information content (AvgIpc) is 2.19. The maximum Gasteiger partial charge on any atom is 0.0601 e. The lowest BCUT2D eigenvalue weighted by Crippen LogP contribution is -2.54. The molecular formula is C12H24N2O. The Bertz CT molecular complexity index is 190. The van der Waals surface area contributed by atoms with Crippen LogP contribution in [0.5, 0.6) is 0 Å². The van der Waals surface area contributed by atoms with Crippen LogP contribution in [0.3, 0.4) is 0 Å². The number of piperidine rings is 1. The van der Waals surface area contributed by atoms with Crippen LogP contribution in [0.1, 0.15) is 38.5 Å². The van der Waals surface area contributed by atoms with Crippen molar-refractivity contribution in [2.45, 2.75) is 56.7 Å². The zero-order valence-electron chi connectivity index (χ0n) is 9.82. The van der Waals surface area contributed by atoms with Gasteiger partial charge < -0.3 is 10.5 Å². The monoisotopic (exact) mass is 212 g/mol. The first kappa shape index (κ1) is 11.4. The van der Waals surface area contributed by atoms with Crippen LogP contribution in [0, 0.1) is 0 Å². The Morgan fingerprint density at radius 3 is 2.80 bits per heavy atom. The number of methoxy groups -OCH3 is 1. The Morgan fingerprint density at radius 1 is 1.33 bits per heavy atom. The second-order valence-electron chi connectivity index (χ2n) is 4.95. The van der Waals surface area contributed by atoms with Gasteiger partial charge in [0.2, 0.25) is 0 Å². The van der Waals surface area contributed by atoms with Crippen LogP contribution in [0.25, 0.3) is 0 Å². The summed E-state index contributed by atoms with van der Waals surface area (Å²) in [6.07, 6.45) is 8.28. The van der Waals surface area contributed by atoms with Crippen molar-refractivity contribution in [3.8, 4) is 0 Å². The van der Waals surface area contributed by atoms with Gasteiger partial charge in [0.25, 0.3) is 0 Å². The molecule has 0 amide bonds. The van der Waals surface area contributed by atoms with Gasteiger partial charge in [-0.15, -0.1) is 0 Å². The first-order chi connectivity index (χ1) is 7.35. The summed E-state index contributed by atoms with van der Waals surface area (Å²) < 4.78 is 5.35. The van der Waals surface area contributed by atoms with E-state index in [-0.39, 0.29) is 0 Å². The lowest BCUT2D eigenvalue weighted by molar-refractivity contribution is -0.0501. The molecule has 2 N–H and O–H groups in total. The van der Waals surface area contributed by atoms with E-state index in [2.05, 4.69) is 4.90 Å². The Hall–Kier alpha value is -0.120. The molecular weight excluding hydrogens is 188 g/mol. The molecule has 0 aromatic heterocycles.